The Morgan fingerprint density at radius 3 is 2.63 bits per heavy atom. The third kappa shape index (κ3) is 3.88. The summed E-state index contributed by atoms with van der Waals surface area (Å²) in [6, 6.07) is 14.2. The minimum absolute atomic E-state index is 0.00113. The molecule has 1 saturated heterocycles. The van der Waals surface area contributed by atoms with Gasteiger partial charge in [0.1, 0.15) is 0 Å². The molecule has 140 valence electrons. The van der Waals surface area contributed by atoms with Gasteiger partial charge in [-0.25, -0.2) is 0 Å². The van der Waals surface area contributed by atoms with Crippen molar-refractivity contribution in [1.29, 1.82) is 0 Å². The molecule has 2 heterocycles. The number of nitrogens with zero attached hydrogens (tertiary/aromatic N) is 2. The molecule has 2 aromatic rings. The Morgan fingerprint density at radius 2 is 1.89 bits per heavy atom. The second-order valence-electron chi connectivity index (χ2n) is 7.43. The number of hydrogen-bond donors (Lipinski definition) is 1. The van der Waals surface area contributed by atoms with Gasteiger partial charge in [0.2, 0.25) is 11.8 Å². The van der Waals surface area contributed by atoms with Crippen molar-refractivity contribution in [3.63, 3.8) is 0 Å². The first-order valence-corrected chi connectivity index (χ1v) is 9.60. The lowest BCUT2D eigenvalue weighted by Crippen LogP contribution is -2.37. The number of carbonyl (C=O) groups excluding carboxylic acids is 2. The quantitative estimate of drug-likeness (QED) is 0.908. The molecular formula is C22H25N3O2. The number of carbonyl (C=O) groups is 2. The zero-order chi connectivity index (χ0) is 18.8. The van der Waals surface area contributed by atoms with Crippen LogP contribution in [0.1, 0.15) is 29.5 Å². The second kappa shape index (κ2) is 7.53. The van der Waals surface area contributed by atoms with Crippen LogP contribution in [-0.2, 0) is 22.6 Å². The third-order valence-corrected chi connectivity index (χ3v) is 5.42. The lowest BCUT2D eigenvalue weighted by atomic mass is 10.00. The molecule has 0 saturated carbocycles. The van der Waals surface area contributed by atoms with Crippen molar-refractivity contribution in [3.05, 3.63) is 59.2 Å². The van der Waals surface area contributed by atoms with Crippen LogP contribution in [0.3, 0.4) is 0 Å². The fourth-order valence-corrected chi connectivity index (χ4v) is 4.03. The van der Waals surface area contributed by atoms with E-state index in [1.807, 2.05) is 30.0 Å². The van der Waals surface area contributed by atoms with E-state index in [0.717, 1.165) is 49.4 Å². The lowest BCUT2D eigenvalue weighted by molar-refractivity contribution is -0.118. The molecule has 0 aliphatic carbocycles. The Morgan fingerprint density at radius 1 is 1.07 bits per heavy atom. The van der Waals surface area contributed by atoms with Crippen molar-refractivity contribution in [2.75, 3.05) is 29.9 Å². The lowest BCUT2D eigenvalue weighted by Gasteiger charge is -2.28. The van der Waals surface area contributed by atoms with Crippen LogP contribution >= 0.6 is 0 Å². The van der Waals surface area contributed by atoms with E-state index in [-0.39, 0.29) is 11.8 Å². The maximum atomic E-state index is 12.5. The summed E-state index contributed by atoms with van der Waals surface area (Å²) in [5.41, 5.74) is 5.44. The minimum Gasteiger partial charge on any atom is -0.325 e. The molecule has 2 amide bonds. The van der Waals surface area contributed by atoms with E-state index in [1.165, 1.54) is 11.1 Å². The summed E-state index contributed by atoms with van der Waals surface area (Å²) < 4.78 is 0. The van der Waals surface area contributed by atoms with E-state index in [2.05, 4.69) is 34.5 Å². The van der Waals surface area contributed by atoms with Crippen LogP contribution in [-0.4, -0.2) is 36.3 Å². The monoisotopic (exact) mass is 363 g/mol. The van der Waals surface area contributed by atoms with Gasteiger partial charge >= 0.3 is 0 Å². The van der Waals surface area contributed by atoms with Crippen LogP contribution in [0.4, 0.5) is 11.4 Å². The number of aryl methyl sites for hydroxylation is 1. The molecule has 2 aliphatic rings. The van der Waals surface area contributed by atoms with Crippen molar-refractivity contribution in [1.82, 2.24) is 4.90 Å². The van der Waals surface area contributed by atoms with E-state index in [1.54, 1.807) is 0 Å². The SMILES string of the molecule is Cc1cc(NC(=O)CN2CCc3ccccc3C2)ccc1N1CCCC1=O. The van der Waals surface area contributed by atoms with Gasteiger partial charge in [-0.1, -0.05) is 24.3 Å². The van der Waals surface area contributed by atoms with Crippen LogP contribution in [0.2, 0.25) is 0 Å². The number of anilines is 2. The smallest absolute Gasteiger partial charge is 0.238 e. The summed E-state index contributed by atoms with van der Waals surface area (Å²) in [4.78, 5) is 28.5. The summed E-state index contributed by atoms with van der Waals surface area (Å²) in [6.45, 7) is 4.87. The fourth-order valence-electron chi connectivity index (χ4n) is 4.03. The summed E-state index contributed by atoms with van der Waals surface area (Å²) in [7, 11) is 0. The highest BCUT2D eigenvalue weighted by atomic mass is 16.2. The van der Waals surface area contributed by atoms with Crippen LogP contribution in [0.15, 0.2) is 42.5 Å². The van der Waals surface area contributed by atoms with E-state index >= 15 is 0 Å². The molecule has 0 radical (unpaired) electrons. The standard InChI is InChI=1S/C22H25N3O2/c1-16-13-19(8-9-20(16)25-11-4-7-22(25)27)23-21(26)15-24-12-10-17-5-2-3-6-18(17)14-24/h2-3,5-6,8-9,13H,4,7,10-12,14-15H2,1H3,(H,23,26). The molecule has 0 atom stereocenters. The van der Waals surface area contributed by atoms with Crippen LogP contribution in [0.25, 0.3) is 0 Å². The number of rotatable bonds is 4. The molecule has 1 fully saturated rings. The Hall–Kier alpha value is -2.66. The Labute approximate surface area is 160 Å². The van der Waals surface area contributed by atoms with Crippen molar-refractivity contribution < 1.29 is 9.59 Å². The van der Waals surface area contributed by atoms with Crippen molar-refractivity contribution in [2.45, 2.75) is 32.7 Å². The van der Waals surface area contributed by atoms with Gasteiger partial charge in [0.25, 0.3) is 0 Å². The second-order valence-corrected chi connectivity index (χ2v) is 7.43. The van der Waals surface area contributed by atoms with Crippen molar-refractivity contribution in [3.8, 4) is 0 Å². The number of hydrogen-bond acceptors (Lipinski definition) is 3. The average Bonchev–Trinajstić information content (AvgIpc) is 3.07. The van der Waals surface area contributed by atoms with Gasteiger partial charge in [-0.3, -0.25) is 14.5 Å². The summed E-state index contributed by atoms with van der Waals surface area (Å²) in [5.74, 6) is 0.180. The fraction of sp³-hybridized carbons (Fsp3) is 0.364. The first kappa shape index (κ1) is 17.7. The molecule has 2 aliphatic heterocycles. The summed E-state index contributed by atoms with van der Waals surface area (Å²) in [6.07, 6.45) is 2.52. The molecule has 0 aromatic heterocycles. The number of fused-ring (bicyclic) bond motifs is 1. The van der Waals surface area contributed by atoms with Gasteiger partial charge in [-0.2, -0.15) is 0 Å². The molecule has 5 nitrogen and oxygen atoms in total. The highest BCUT2D eigenvalue weighted by Crippen LogP contribution is 2.27. The Balaban J connectivity index is 1.37. The van der Waals surface area contributed by atoms with Crippen LogP contribution in [0.5, 0.6) is 0 Å². The Kier molecular flexibility index (Phi) is 4.94. The third-order valence-electron chi connectivity index (χ3n) is 5.42. The van der Waals surface area contributed by atoms with E-state index in [0.29, 0.717) is 13.0 Å². The predicted octanol–water partition coefficient (Wildman–Crippen LogP) is 3.12. The van der Waals surface area contributed by atoms with E-state index in [4.69, 9.17) is 0 Å². The normalized spacial score (nSPS) is 17.1. The molecule has 0 unspecified atom stereocenters. The first-order valence-electron chi connectivity index (χ1n) is 9.60. The maximum absolute atomic E-state index is 12.5. The molecule has 27 heavy (non-hydrogen) atoms. The van der Waals surface area contributed by atoms with Gasteiger partial charge in [-0.05, 0) is 54.7 Å². The molecule has 0 spiro atoms. The summed E-state index contributed by atoms with van der Waals surface area (Å²) >= 11 is 0. The highest BCUT2D eigenvalue weighted by molar-refractivity contribution is 5.97. The molecule has 4 rings (SSSR count). The number of amides is 2. The summed E-state index contributed by atoms with van der Waals surface area (Å²) in [5, 5.41) is 3.00. The van der Waals surface area contributed by atoms with Crippen LogP contribution < -0.4 is 10.2 Å². The van der Waals surface area contributed by atoms with E-state index in [9.17, 15) is 9.59 Å². The predicted molar refractivity (Wildman–Crippen MR) is 107 cm³/mol. The molecular weight excluding hydrogens is 338 g/mol. The van der Waals surface area contributed by atoms with Gasteiger partial charge in [0.05, 0.1) is 6.54 Å². The number of benzene rings is 2. The molecule has 2 aromatic carbocycles. The van der Waals surface area contributed by atoms with Crippen molar-refractivity contribution >= 4 is 23.2 Å². The van der Waals surface area contributed by atoms with Gasteiger partial charge in [0, 0.05) is 37.4 Å². The number of nitrogens with one attached hydrogen (secondary N) is 1. The van der Waals surface area contributed by atoms with E-state index < -0.39 is 0 Å². The van der Waals surface area contributed by atoms with Gasteiger partial charge in [0.15, 0.2) is 0 Å². The Bertz CT molecular complexity index is 878. The molecule has 5 heteroatoms. The largest absolute Gasteiger partial charge is 0.325 e. The maximum Gasteiger partial charge on any atom is 0.238 e. The average molecular weight is 363 g/mol. The minimum atomic E-state index is -0.00113. The molecule has 1 N–H and O–H groups in total. The van der Waals surface area contributed by atoms with Crippen molar-refractivity contribution in [2.24, 2.45) is 0 Å². The van der Waals surface area contributed by atoms with Gasteiger partial charge < -0.3 is 10.2 Å². The first-order chi connectivity index (χ1) is 13.1. The highest BCUT2D eigenvalue weighted by Gasteiger charge is 2.23. The zero-order valence-corrected chi connectivity index (χ0v) is 15.7. The molecule has 0 bridgehead atoms. The van der Waals surface area contributed by atoms with Crippen LogP contribution in [0, 0.1) is 6.92 Å². The topological polar surface area (TPSA) is 52.7 Å². The van der Waals surface area contributed by atoms with Gasteiger partial charge in [-0.15, -0.1) is 0 Å². The zero-order valence-electron chi connectivity index (χ0n) is 15.7.